The summed E-state index contributed by atoms with van der Waals surface area (Å²) >= 11 is 0. The zero-order valence-corrected chi connectivity index (χ0v) is 10.7. The minimum absolute atomic E-state index is 0.344. The summed E-state index contributed by atoms with van der Waals surface area (Å²) in [6.07, 6.45) is 8.56. The van der Waals surface area contributed by atoms with Crippen molar-refractivity contribution in [3.05, 3.63) is 0 Å². The first-order valence-electron chi connectivity index (χ1n) is 6.90. The van der Waals surface area contributed by atoms with E-state index in [9.17, 15) is 0 Å². The minimum Gasteiger partial charge on any atom is -0.396 e. The summed E-state index contributed by atoms with van der Waals surface area (Å²) in [7, 11) is 0. The second-order valence-electron chi connectivity index (χ2n) is 5.02. The van der Waals surface area contributed by atoms with Gasteiger partial charge >= 0.3 is 0 Å². The SMILES string of the molecule is CC(CC1CCCN1)NCCCCCCO. The van der Waals surface area contributed by atoms with Crippen LogP contribution in [0.2, 0.25) is 0 Å². The fourth-order valence-corrected chi connectivity index (χ4v) is 2.41. The summed E-state index contributed by atoms with van der Waals surface area (Å²) in [4.78, 5) is 0. The van der Waals surface area contributed by atoms with Gasteiger partial charge in [-0.15, -0.1) is 0 Å². The first-order chi connectivity index (χ1) is 7.83. The van der Waals surface area contributed by atoms with Crippen LogP contribution < -0.4 is 10.6 Å². The van der Waals surface area contributed by atoms with Gasteiger partial charge in [0.05, 0.1) is 0 Å². The van der Waals surface area contributed by atoms with Crippen molar-refractivity contribution in [3.63, 3.8) is 0 Å². The van der Waals surface area contributed by atoms with Crippen LogP contribution in [-0.4, -0.2) is 36.9 Å². The Morgan fingerprint density at radius 1 is 1.31 bits per heavy atom. The van der Waals surface area contributed by atoms with Crippen molar-refractivity contribution in [3.8, 4) is 0 Å². The van der Waals surface area contributed by atoms with Gasteiger partial charge in [-0.25, -0.2) is 0 Å². The molecule has 3 heteroatoms. The van der Waals surface area contributed by atoms with E-state index in [0.29, 0.717) is 12.6 Å². The van der Waals surface area contributed by atoms with Crippen LogP contribution in [0.5, 0.6) is 0 Å². The molecule has 0 aromatic rings. The Morgan fingerprint density at radius 3 is 2.81 bits per heavy atom. The third-order valence-electron chi connectivity index (χ3n) is 3.38. The number of hydrogen-bond acceptors (Lipinski definition) is 3. The molecule has 0 amide bonds. The van der Waals surface area contributed by atoms with Crippen molar-refractivity contribution in [2.75, 3.05) is 19.7 Å². The van der Waals surface area contributed by atoms with Gasteiger partial charge < -0.3 is 15.7 Å². The van der Waals surface area contributed by atoms with E-state index in [0.717, 1.165) is 25.4 Å². The summed E-state index contributed by atoms with van der Waals surface area (Å²) in [5, 5.41) is 15.8. The van der Waals surface area contributed by atoms with Crippen molar-refractivity contribution in [1.29, 1.82) is 0 Å². The highest BCUT2D eigenvalue weighted by molar-refractivity contribution is 4.78. The van der Waals surface area contributed by atoms with Crippen LogP contribution in [0, 0.1) is 0 Å². The normalized spacial score (nSPS) is 22.5. The average molecular weight is 228 g/mol. The van der Waals surface area contributed by atoms with E-state index in [1.165, 1.54) is 38.6 Å². The van der Waals surface area contributed by atoms with Gasteiger partial charge in [0.15, 0.2) is 0 Å². The smallest absolute Gasteiger partial charge is 0.0431 e. The molecule has 3 N–H and O–H groups in total. The molecule has 0 spiro atoms. The maximum Gasteiger partial charge on any atom is 0.0431 e. The monoisotopic (exact) mass is 228 g/mol. The molecule has 0 saturated carbocycles. The molecule has 96 valence electrons. The topological polar surface area (TPSA) is 44.3 Å². The van der Waals surface area contributed by atoms with Gasteiger partial charge in [0, 0.05) is 18.7 Å². The van der Waals surface area contributed by atoms with E-state index in [2.05, 4.69) is 17.6 Å². The van der Waals surface area contributed by atoms with E-state index in [1.807, 2.05) is 0 Å². The number of unbranched alkanes of at least 4 members (excludes halogenated alkanes) is 3. The molecule has 16 heavy (non-hydrogen) atoms. The zero-order valence-electron chi connectivity index (χ0n) is 10.7. The fourth-order valence-electron chi connectivity index (χ4n) is 2.41. The fraction of sp³-hybridized carbons (Fsp3) is 1.00. The third kappa shape index (κ3) is 6.46. The Morgan fingerprint density at radius 2 is 2.12 bits per heavy atom. The number of aliphatic hydroxyl groups is 1. The van der Waals surface area contributed by atoms with E-state index in [4.69, 9.17) is 5.11 Å². The zero-order chi connectivity index (χ0) is 11.6. The first kappa shape index (κ1) is 13.9. The van der Waals surface area contributed by atoms with Gasteiger partial charge in [0.1, 0.15) is 0 Å². The van der Waals surface area contributed by atoms with Crippen LogP contribution in [0.1, 0.15) is 51.9 Å². The second-order valence-corrected chi connectivity index (χ2v) is 5.02. The van der Waals surface area contributed by atoms with Crippen molar-refractivity contribution in [2.24, 2.45) is 0 Å². The molecule has 1 heterocycles. The molecule has 2 unspecified atom stereocenters. The molecule has 0 aromatic carbocycles. The largest absolute Gasteiger partial charge is 0.396 e. The summed E-state index contributed by atoms with van der Waals surface area (Å²) in [6, 6.07) is 1.38. The number of aliphatic hydroxyl groups excluding tert-OH is 1. The Kier molecular flexibility index (Phi) is 7.81. The molecule has 1 aliphatic rings. The molecule has 1 saturated heterocycles. The van der Waals surface area contributed by atoms with E-state index >= 15 is 0 Å². The highest BCUT2D eigenvalue weighted by Crippen LogP contribution is 2.10. The number of rotatable bonds is 9. The second kappa shape index (κ2) is 8.97. The third-order valence-corrected chi connectivity index (χ3v) is 3.38. The molecular weight excluding hydrogens is 200 g/mol. The van der Waals surface area contributed by atoms with Crippen LogP contribution >= 0.6 is 0 Å². The maximum atomic E-state index is 8.65. The minimum atomic E-state index is 0.344. The lowest BCUT2D eigenvalue weighted by Crippen LogP contribution is -2.34. The average Bonchev–Trinajstić information content (AvgIpc) is 2.76. The molecule has 0 aromatic heterocycles. The van der Waals surface area contributed by atoms with Gasteiger partial charge in [-0.2, -0.15) is 0 Å². The number of nitrogens with one attached hydrogen (secondary N) is 2. The summed E-state index contributed by atoms with van der Waals surface area (Å²) in [5.74, 6) is 0. The van der Waals surface area contributed by atoms with Crippen LogP contribution in [0.15, 0.2) is 0 Å². The lowest BCUT2D eigenvalue weighted by molar-refractivity contribution is 0.282. The quantitative estimate of drug-likeness (QED) is 0.526. The lowest BCUT2D eigenvalue weighted by Gasteiger charge is -2.18. The molecule has 1 rings (SSSR count). The molecule has 0 bridgehead atoms. The highest BCUT2D eigenvalue weighted by atomic mass is 16.2. The molecule has 0 radical (unpaired) electrons. The predicted molar refractivity (Wildman–Crippen MR) is 68.7 cm³/mol. The van der Waals surface area contributed by atoms with E-state index < -0.39 is 0 Å². The first-order valence-corrected chi connectivity index (χ1v) is 6.90. The van der Waals surface area contributed by atoms with Gasteiger partial charge in [-0.3, -0.25) is 0 Å². The van der Waals surface area contributed by atoms with Crippen molar-refractivity contribution in [2.45, 2.75) is 64.0 Å². The van der Waals surface area contributed by atoms with Crippen LogP contribution in [0.4, 0.5) is 0 Å². The van der Waals surface area contributed by atoms with E-state index in [-0.39, 0.29) is 0 Å². The molecule has 1 fully saturated rings. The Bertz CT molecular complexity index is 158. The summed E-state index contributed by atoms with van der Waals surface area (Å²) in [5.41, 5.74) is 0. The molecule has 1 aliphatic heterocycles. The van der Waals surface area contributed by atoms with Crippen molar-refractivity contribution in [1.82, 2.24) is 10.6 Å². The molecule has 2 atom stereocenters. The van der Waals surface area contributed by atoms with E-state index in [1.54, 1.807) is 0 Å². The van der Waals surface area contributed by atoms with Crippen LogP contribution in [0.25, 0.3) is 0 Å². The molecule has 0 aliphatic carbocycles. The predicted octanol–water partition coefficient (Wildman–Crippen LogP) is 1.66. The maximum absolute atomic E-state index is 8.65. The van der Waals surface area contributed by atoms with Gasteiger partial charge in [0.25, 0.3) is 0 Å². The Balaban J connectivity index is 1.87. The Hall–Kier alpha value is -0.120. The standard InChI is InChI=1S/C13H28N2O/c1-12(11-13-7-6-9-15-13)14-8-4-2-3-5-10-16/h12-16H,2-11H2,1H3. The lowest BCUT2D eigenvalue weighted by atomic mass is 10.1. The van der Waals surface area contributed by atoms with Gasteiger partial charge in [-0.1, -0.05) is 12.8 Å². The van der Waals surface area contributed by atoms with Crippen LogP contribution in [-0.2, 0) is 0 Å². The van der Waals surface area contributed by atoms with Gasteiger partial charge in [-0.05, 0) is 52.1 Å². The summed E-state index contributed by atoms with van der Waals surface area (Å²) in [6.45, 7) is 4.96. The van der Waals surface area contributed by atoms with Crippen LogP contribution in [0.3, 0.4) is 0 Å². The van der Waals surface area contributed by atoms with Crippen molar-refractivity contribution >= 4 is 0 Å². The van der Waals surface area contributed by atoms with Gasteiger partial charge in [0.2, 0.25) is 0 Å². The Labute approximate surface area is 100 Å². The molecular formula is C13H28N2O. The highest BCUT2D eigenvalue weighted by Gasteiger charge is 2.16. The summed E-state index contributed by atoms with van der Waals surface area (Å²) < 4.78 is 0. The number of hydrogen-bond donors (Lipinski definition) is 3. The molecule has 3 nitrogen and oxygen atoms in total. The van der Waals surface area contributed by atoms with Crippen molar-refractivity contribution < 1.29 is 5.11 Å².